The monoisotopic (exact) mass is 385 g/mol. The van der Waals surface area contributed by atoms with Gasteiger partial charge in [0.05, 0.1) is 12.5 Å². The number of carbonyl (C=O) groups is 2. The molecule has 0 amide bonds. The molecule has 0 aliphatic heterocycles. The predicted molar refractivity (Wildman–Crippen MR) is 106 cm³/mol. The highest BCUT2D eigenvalue weighted by Gasteiger charge is 2.38. The summed E-state index contributed by atoms with van der Waals surface area (Å²) in [4.78, 5) is 22.9. The van der Waals surface area contributed by atoms with Gasteiger partial charge in [-0.05, 0) is 30.4 Å². The largest absolute Gasteiger partial charge is 0.481 e. The van der Waals surface area contributed by atoms with E-state index in [9.17, 15) is 24.9 Å². The molecule has 0 aliphatic rings. The first-order chi connectivity index (χ1) is 13.4. The summed E-state index contributed by atoms with van der Waals surface area (Å²) in [6.45, 7) is -0.803. The van der Waals surface area contributed by atoms with Gasteiger partial charge >= 0.3 is 11.9 Å². The molecule has 6 nitrogen and oxygen atoms in total. The molecule has 0 heterocycles. The second kappa shape index (κ2) is 10.0. The minimum absolute atomic E-state index is 0.122. The second-order valence-corrected chi connectivity index (χ2v) is 7.16. The molecule has 5 N–H and O–H groups in total. The zero-order valence-electron chi connectivity index (χ0n) is 15.7. The third-order valence-corrected chi connectivity index (χ3v) is 5.12. The molecule has 2 rings (SSSR count). The molecule has 0 aliphatic carbocycles. The smallest absolute Gasteiger partial charge is 0.326 e. The Hall–Kier alpha value is -2.70. The van der Waals surface area contributed by atoms with Gasteiger partial charge in [0.15, 0.2) is 0 Å². The van der Waals surface area contributed by atoms with Crippen LogP contribution in [0.5, 0.6) is 0 Å². The number of aliphatic hydroxyl groups excluding tert-OH is 1. The summed E-state index contributed by atoms with van der Waals surface area (Å²) in [5.74, 6) is -3.30. The normalized spacial score (nSPS) is 14.4. The van der Waals surface area contributed by atoms with Gasteiger partial charge in [0.25, 0.3) is 0 Å². The Bertz CT molecular complexity index is 726. The topological polar surface area (TPSA) is 121 Å². The van der Waals surface area contributed by atoms with Crippen molar-refractivity contribution in [2.45, 2.75) is 37.1 Å². The van der Waals surface area contributed by atoms with Crippen molar-refractivity contribution in [3.63, 3.8) is 0 Å². The van der Waals surface area contributed by atoms with Gasteiger partial charge in [-0.15, -0.1) is 0 Å². The summed E-state index contributed by atoms with van der Waals surface area (Å²) in [7, 11) is 0. The number of rotatable bonds is 11. The molecule has 0 saturated carbocycles. The molecule has 2 atom stereocenters. The Morgan fingerprint density at radius 2 is 1.39 bits per heavy atom. The van der Waals surface area contributed by atoms with Gasteiger partial charge in [-0.3, -0.25) is 9.59 Å². The van der Waals surface area contributed by atoms with Crippen molar-refractivity contribution in [3.05, 3.63) is 71.8 Å². The number of nitrogens with two attached hydrogens (primary N) is 1. The maximum absolute atomic E-state index is 11.6. The highest BCUT2D eigenvalue weighted by Crippen LogP contribution is 2.31. The van der Waals surface area contributed by atoms with Gasteiger partial charge in [0.1, 0.15) is 5.54 Å². The number of benzene rings is 2. The fourth-order valence-electron chi connectivity index (χ4n) is 3.44. The lowest BCUT2D eigenvalue weighted by molar-refractivity contribution is -0.148. The van der Waals surface area contributed by atoms with Crippen LogP contribution in [0.25, 0.3) is 0 Å². The molecule has 150 valence electrons. The number of carboxylic acid groups (broad SMARTS) is 2. The first kappa shape index (κ1) is 21.6. The lowest BCUT2D eigenvalue weighted by Gasteiger charge is -2.26. The van der Waals surface area contributed by atoms with E-state index in [-0.39, 0.29) is 18.8 Å². The van der Waals surface area contributed by atoms with Gasteiger partial charge in [-0.2, -0.15) is 0 Å². The first-order valence-corrected chi connectivity index (χ1v) is 9.33. The van der Waals surface area contributed by atoms with E-state index in [1.807, 2.05) is 60.7 Å². The maximum Gasteiger partial charge on any atom is 0.326 e. The van der Waals surface area contributed by atoms with Gasteiger partial charge < -0.3 is 21.1 Å². The van der Waals surface area contributed by atoms with Gasteiger partial charge in [-0.25, -0.2) is 0 Å². The van der Waals surface area contributed by atoms with Crippen molar-refractivity contribution in [3.8, 4) is 0 Å². The van der Waals surface area contributed by atoms with Crippen molar-refractivity contribution in [1.29, 1.82) is 0 Å². The van der Waals surface area contributed by atoms with E-state index < -0.39 is 30.0 Å². The average Bonchev–Trinajstić information content (AvgIpc) is 2.71. The Morgan fingerprint density at radius 3 is 1.79 bits per heavy atom. The Labute approximate surface area is 164 Å². The molecule has 0 radical (unpaired) electrons. The average molecular weight is 385 g/mol. The summed E-state index contributed by atoms with van der Waals surface area (Å²) in [6, 6.07) is 20.0. The van der Waals surface area contributed by atoms with E-state index >= 15 is 0 Å². The molecule has 2 aromatic rings. The Balaban J connectivity index is 2.09. The Morgan fingerprint density at radius 1 is 0.893 bits per heavy atom. The SMILES string of the molecule is N[C@@](CO)(C[C@H](CCCC(c1ccccc1)c1ccccc1)C(=O)O)C(=O)O. The van der Waals surface area contributed by atoms with Gasteiger partial charge in [0.2, 0.25) is 0 Å². The number of hydrogen-bond acceptors (Lipinski definition) is 4. The van der Waals surface area contributed by atoms with Crippen molar-refractivity contribution in [2.75, 3.05) is 6.61 Å². The van der Waals surface area contributed by atoms with Crippen LogP contribution in [-0.2, 0) is 9.59 Å². The van der Waals surface area contributed by atoms with Crippen LogP contribution in [0.1, 0.15) is 42.7 Å². The second-order valence-electron chi connectivity index (χ2n) is 7.16. The molecule has 0 saturated heterocycles. The number of aliphatic hydroxyl groups is 1. The number of aliphatic carboxylic acids is 2. The van der Waals surface area contributed by atoms with Gasteiger partial charge in [0, 0.05) is 5.92 Å². The minimum atomic E-state index is -1.94. The molecule has 0 bridgehead atoms. The number of hydrogen-bond donors (Lipinski definition) is 4. The summed E-state index contributed by atoms with van der Waals surface area (Å²) < 4.78 is 0. The lowest BCUT2D eigenvalue weighted by atomic mass is 9.83. The summed E-state index contributed by atoms with van der Waals surface area (Å²) in [5.41, 5.74) is 6.03. The van der Waals surface area contributed by atoms with E-state index in [2.05, 4.69) is 0 Å². The van der Waals surface area contributed by atoms with E-state index in [1.165, 1.54) is 0 Å². The fourth-order valence-corrected chi connectivity index (χ4v) is 3.44. The molecule has 0 fully saturated rings. The lowest BCUT2D eigenvalue weighted by Crippen LogP contribution is -2.53. The molecule has 28 heavy (non-hydrogen) atoms. The third kappa shape index (κ3) is 5.65. The fraction of sp³-hybridized carbons (Fsp3) is 0.364. The summed E-state index contributed by atoms with van der Waals surface area (Å²) in [5, 5.41) is 28.0. The molecule has 0 unspecified atom stereocenters. The Kier molecular flexibility index (Phi) is 7.72. The first-order valence-electron chi connectivity index (χ1n) is 9.33. The standard InChI is InChI=1S/C22H27NO5/c23-22(15-24,21(27)28)14-18(20(25)26)12-7-13-19(16-8-3-1-4-9-16)17-10-5-2-6-11-17/h1-6,8-11,18-19,24H,7,12-15,23H2,(H,25,26)(H,27,28)/t18-,22+/m0/s1. The van der Waals surface area contributed by atoms with E-state index in [0.29, 0.717) is 6.42 Å². The quantitative estimate of drug-likeness (QED) is 0.472. The van der Waals surface area contributed by atoms with Crippen LogP contribution < -0.4 is 5.73 Å². The predicted octanol–water partition coefficient (Wildman–Crippen LogP) is 2.85. The minimum Gasteiger partial charge on any atom is -0.481 e. The van der Waals surface area contributed by atoms with Crippen molar-refractivity contribution in [1.82, 2.24) is 0 Å². The van der Waals surface area contributed by atoms with Crippen LogP contribution in [0.2, 0.25) is 0 Å². The molecule has 0 aromatic heterocycles. The number of carboxylic acids is 2. The molecule has 0 spiro atoms. The maximum atomic E-state index is 11.6. The van der Waals surface area contributed by atoms with Crippen LogP contribution in [0.3, 0.4) is 0 Å². The van der Waals surface area contributed by atoms with Crippen LogP contribution in [0.15, 0.2) is 60.7 Å². The van der Waals surface area contributed by atoms with Crippen LogP contribution in [0.4, 0.5) is 0 Å². The van der Waals surface area contributed by atoms with Crippen molar-refractivity contribution in [2.24, 2.45) is 11.7 Å². The zero-order chi connectivity index (χ0) is 20.6. The van der Waals surface area contributed by atoms with Crippen LogP contribution in [-0.4, -0.2) is 39.4 Å². The van der Waals surface area contributed by atoms with Crippen LogP contribution in [0, 0.1) is 5.92 Å². The van der Waals surface area contributed by atoms with Crippen molar-refractivity contribution < 1.29 is 24.9 Å². The third-order valence-electron chi connectivity index (χ3n) is 5.12. The summed E-state index contributed by atoms with van der Waals surface area (Å²) >= 11 is 0. The van der Waals surface area contributed by atoms with Gasteiger partial charge in [-0.1, -0.05) is 67.1 Å². The van der Waals surface area contributed by atoms with E-state index in [1.54, 1.807) is 0 Å². The zero-order valence-corrected chi connectivity index (χ0v) is 15.7. The molecular formula is C22H27NO5. The van der Waals surface area contributed by atoms with E-state index in [0.717, 1.165) is 17.5 Å². The summed E-state index contributed by atoms with van der Waals surface area (Å²) in [6.07, 6.45) is 1.29. The van der Waals surface area contributed by atoms with Crippen LogP contribution >= 0.6 is 0 Å². The molecular weight excluding hydrogens is 358 g/mol. The highest BCUT2D eigenvalue weighted by atomic mass is 16.4. The molecule has 6 heteroatoms. The van der Waals surface area contributed by atoms with Crippen molar-refractivity contribution >= 4 is 11.9 Å². The van der Waals surface area contributed by atoms with E-state index in [4.69, 9.17) is 5.73 Å². The molecule has 2 aromatic carbocycles. The highest BCUT2D eigenvalue weighted by molar-refractivity contribution is 5.80.